The second kappa shape index (κ2) is 15.6. The Morgan fingerprint density at radius 3 is 1.09 bits per heavy atom. The molecule has 9 nitrogen and oxygen atoms in total. The van der Waals surface area contributed by atoms with Crippen molar-refractivity contribution >= 4 is 55.7 Å². The molecular formula is C43H39N4O5S-. The molecule has 0 atom stereocenters. The van der Waals surface area contributed by atoms with Gasteiger partial charge >= 0.3 is 0 Å². The fraction of sp³-hybridized carbons (Fsp3) is 0.116. The number of anilines is 6. The van der Waals surface area contributed by atoms with Gasteiger partial charge in [-0.05, 0) is 106 Å². The fourth-order valence-corrected chi connectivity index (χ4v) is 6.17. The standard InChI is InChI=1S/C43H40N4O5S/c1-29-5-15-36(16-6-29)44-38-19-9-33(10-20-38)43(52-47-31(3)32(4)48,34-11-21-39(22-12-34)45-37-17-7-30(2)8-18-37)35-13-23-40(24-14-35)46-41-25-27-42(28-26-41)53(49,50)51/h5-28,44-46H,1-4H3,(H,49,50,51)/p-1/b47-31+. The first-order valence-electron chi connectivity index (χ1n) is 16.9. The topological polar surface area (TPSA) is 132 Å². The molecule has 268 valence electrons. The number of hydrogen-bond donors (Lipinski definition) is 3. The van der Waals surface area contributed by atoms with E-state index in [9.17, 15) is 17.8 Å². The highest BCUT2D eigenvalue weighted by atomic mass is 32.2. The normalized spacial score (nSPS) is 11.8. The van der Waals surface area contributed by atoms with Crippen LogP contribution in [-0.4, -0.2) is 24.5 Å². The fourth-order valence-electron chi connectivity index (χ4n) is 5.70. The summed E-state index contributed by atoms with van der Waals surface area (Å²) in [6.45, 7) is 7.15. The van der Waals surface area contributed by atoms with Crippen LogP contribution in [0, 0.1) is 13.8 Å². The molecule has 6 aromatic rings. The molecule has 10 heteroatoms. The number of aryl methyl sites for hydroxylation is 2. The van der Waals surface area contributed by atoms with Gasteiger partial charge in [0.15, 0.2) is 5.78 Å². The van der Waals surface area contributed by atoms with Crippen molar-refractivity contribution < 1.29 is 22.6 Å². The van der Waals surface area contributed by atoms with Gasteiger partial charge in [0.25, 0.3) is 0 Å². The van der Waals surface area contributed by atoms with Crippen molar-refractivity contribution in [2.45, 2.75) is 38.2 Å². The number of nitrogens with one attached hydrogen (secondary N) is 3. The summed E-state index contributed by atoms with van der Waals surface area (Å²) in [6.07, 6.45) is 0. The van der Waals surface area contributed by atoms with E-state index in [4.69, 9.17) is 4.84 Å². The Hall–Kier alpha value is -6.23. The van der Waals surface area contributed by atoms with E-state index in [-0.39, 0.29) is 16.4 Å². The van der Waals surface area contributed by atoms with E-state index < -0.39 is 15.7 Å². The first-order chi connectivity index (χ1) is 25.4. The van der Waals surface area contributed by atoms with Gasteiger partial charge in [0.1, 0.15) is 15.8 Å². The predicted molar refractivity (Wildman–Crippen MR) is 211 cm³/mol. The van der Waals surface area contributed by atoms with Crippen molar-refractivity contribution in [1.29, 1.82) is 0 Å². The Kier molecular flexibility index (Phi) is 10.7. The zero-order valence-corrected chi connectivity index (χ0v) is 30.6. The molecule has 0 heterocycles. The number of hydrogen-bond acceptors (Lipinski definition) is 9. The molecule has 3 N–H and O–H groups in total. The molecule has 0 saturated heterocycles. The molecule has 53 heavy (non-hydrogen) atoms. The molecule has 0 amide bonds. The second-order valence-electron chi connectivity index (χ2n) is 12.8. The monoisotopic (exact) mass is 723 g/mol. The summed E-state index contributed by atoms with van der Waals surface area (Å²) in [7, 11) is -4.56. The maximum atomic E-state index is 12.4. The van der Waals surface area contributed by atoms with Gasteiger partial charge in [0.2, 0.25) is 5.60 Å². The lowest BCUT2D eigenvalue weighted by Crippen LogP contribution is -2.32. The van der Waals surface area contributed by atoms with Crippen LogP contribution in [0.3, 0.4) is 0 Å². The third kappa shape index (κ3) is 8.81. The van der Waals surface area contributed by atoms with E-state index in [0.717, 1.165) is 39.4 Å². The van der Waals surface area contributed by atoms with Crippen LogP contribution in [0.25, 0.3) is 0 Å². The highest BCUT2D eigenvalue weighted by Gasteiger charge is 2.40. The van der Waals surface area contributed by atoms with E-state index in [1.165, 1.54) is 42.3 Å². The van der Waals surface area contributed by atoms with E-state index in [2.05, 4.69) is 21.1 Å². The van der Waals surface area contributed by atoms with E-state index in [0.29, 0.717) is 11.4 Å². The van der Waals surface area contributed by atoms with Crippen LogP contribution in [0.5, 0.6) is 0 Å². The van der Waals surface area contributed by atoms with Gasteiger partial charge < -0.3 is 25.3 Å². The maximum Gasteiger partial charge on any atom is 0.212 e. The van der Waals surface area contributed by atoms with Crippen LogP contribution in [0.2, 0.25) is 0 Å². The summed E-state index contributed by atoms with van der Waals surface area (Å²) in [5.74, 6) is -0.218. The Bertz CT molecular complexity index is 2230. The van der Waals surface area contributed by atoms with Gasteiger partial charge in [-0.25, -0.2) is 8.42 Å². The third-order valence-electron chi connectivity index (χ3n) is 8.82. The minimum Gasteiger partial charge on any atom is -0.744 e. The first-order valence-corrected chi connectivity index (χ1v) is 18.4. The predicted octanol–water partition coefficient (Wildman–Crippen LogP) is 9.71. The Morgan fingerprint density at radius 2 is 0.811 bits per heavy atom. The van der Waals surface area contributed by atoms with Gasteiger partial charge in [0.05, 0.1) is 4.90 Å². The molecule has 0 bridgehead atoms. The van der Waals surface area contributed by atoms with Crippen LogP contribution in [0.15, 0.2) is 156 Å². The first kappa shape index (κ1) is 36.6. The molecule has 0 aliphatic carbocycles. The summed E-state index contributed by atoms with van der Waals surface area (Å²) in [6, 6.07) is 45.3. The molecule has 0 saturated carbocycles. The molecule has 0 spiro atoms. The minimum absolute atomic E-state index is 0.214. The van der Waals surface area contributed by atoms with Gasteiger partial charge in [-0.3, -0.25) is 4.79 Å². The summed E-state index contributed by atoms with van der Waals surface area (Å²) < 4.78 is 34.2. The number of nitrogens with zero attached hydrogens (tertiary/aromatic N) is 1. The molecule has 0 unspecified atom stereocenters. The SMILES string of the molecule is CC(=O)/C(C)=N/OC(c1ccc(Nc2ccc(C)cc2)cc1)(c1ccc(Nc2ccc(C)cc2)cc1)c1ccc(Nc2ccc(S(=O)(=O)[O-])cc2)cc1. The van der Waals surface area contributed by atoms with Crippen molar-refractivity contribution in [3.8, 4) is 0 Å². The summed E-state index contributed by atoms with van der Waals surface area (Å²) in [5.41, 5.74) is 8.49. The van der Waals surface area contributed by atoms with Crippen molar-refractivity contribution in [2.24, 2.45) is 5.16 Å². The Morgan fingerprint density at radius 1 is 0.528 bits per heavy atom. The van der Waals surface area contributed by atoms with Crippen molar-refractivity contribution in [2.75, 3.05) is 16.0 Å². The van der Waals surface area contributed by atoms with E-state index >= 15 is 0 Å². The van der Waals surface area contributed by atoms with Crippen molar-refractivity contribution in [3.63, 3.8) is 0 Å². The van der Waals surface area contributed by atoms with Crippen LogP contribution >= 0.6 is 0 Å². The highest BCUT2D eigenvalue weighted by Crippen LogP contribution is 2.42. The van der Waals surface area contributed by atoms with Crippen LogP contribution < -0.4 is 16.0 Å². The van der Waals surface area contributed by atoms with Crippen molar-refractivity contribution in [3.05, 3.63) is 173 Å². The average Bonchev–Trinajstić information content (AvgIpc) is 3.15. The summed E-state index contributed by atoms with van der Waals surface area (Å²) >= 11 is 0. The average molecular weight is 724 g/mol. The highest BCUT2D eigenvalue weighted by molar-refractivity contribution is 7.85. The van der Waals surface area contributed by atoms with Crippen molar-refractivity contribution in [1.82, 2.24) is 0 Å². The largest absolute Gasteiger partial charge is 0.744 e. The summed E-state index contributed by atoms with van der Waals surface area (Å²) in [4.78, 5) is 18.6. The number of oxime groups is 1. The third-order valence-corrected chi connectivity index (χ3v) is 9.66. The number of ketones is 1. The van der Waals surface area contributed by atoms with E-state index in [1.807, 2.05) is 135 Å². The van der Waals surface area contributed by atoms with Crippen LogP contribution in [0.4, 0.5) is 34.1 Å². The molecule has 6 aromatic carbocycles. The Balaban J connectivity index is 1.42. The quantitative estimate of drug-likeness (QED) is 0.0465. The molecule has 0 aliphatic heterocycles. The number of rotatable bonds is 13. The molecule has 6 rings (SSSR count). The molecule has 0 radical (unpaired) electrons. The Labute approximate surface area is 310 Å². The van der Waals surface area contributed by atoms with Crippen LogP contribution in [-0.2, 0) is 25.4 Å². The molecule has 0 aliphatic rings. The van der Waals surface area contributed by atoms with Crippen LogP contribution in [0.1, 0.15) is 41.7 Å². The van der Waals surface area contributed by atoms with Gasteiger partial charge in [-0.15, -0.1) is 0 Å². The number of Topliss-reactive ketones (excluding diaryl/α,β-unsaturated/α-hetero) is 1. The zero-order chi connectivity index (χ0) is 37.6. The molecule has 0 fully saturated rings. The zero-order valence-electron chi connectivity index (χ0n) is 29.8. The number of benzene rings is 6. The smallest absolute Gasteiger partial charge is 0.212 e. The summed E-state index contributed by atoms with van der Waals surface area (Å²) in [5, 5.41) is 14.5. The maximum absolute atomic E-state index is 12.4. The lowest BCUT2D eigenvalue weighted by Gasteiger charge is -2.33. The van der Waals surface area contributed by atoms with E-state index in [1.54, 1.807) is 6.92 Å². The lowest BCUT2D eigenvalue weighted by atomic mass is 9.80. The molecular weight excluding hydrogens is 685 g/mol. The molecule has 0 aromatic heterocycles. The lowest BCUT2D eigenvalue weighted by molar-refractivity contribution is -0.111. The minimum atomic E-state index is -4.56. The second-order valence-corrected chi connectivity index (χ2v) is 14.2. The van der Waals surface area contributed by atoms with Gasteiger partial charge in [0, 0.05) is 57.7 Å². The van der Waals surface area contributed by atoms with Gasteiger partial charge in [-0.2, -0.15) is 0 Å². The number of carbonyl (C=O) groups is 1. The number of carbonyl (C=O) groups excluding carboxylic acids is 1. The van der Waals surface area contributed by atoms with Gasteiger partial charge in [-0.1, -0.05) is 76.9 Å².